The summed E-state index contributed by atoms with van der Waals surface area (Å²) in [6.45, 7) is 8.98. The van der Waals surface area contributed by atoms with Gasteiger partial charge in [-0.15, -0.1) is 0 Å². The number of carbonyl (C=O) groups excluding carboxylic acids is 1. The normalized spacial score (nSPS) is 14.9. The lowest BCUT2D eigenvalue weighted by Crippen LogP contribution is -2.48. The summed E-state index contributed by atoms with van der Waals surface area (Å²) >= 11 is 0. The SMILES string of the molecule is CC(C)CCN1CCN(C(=O)c2ccc(COc3ccccc3C#N)o2)CC1. The van der Waals surface area contributed by atoms with Gasteiger partial charge in [-0.25, -0.2) is 0 Å². The van der Waals surface area contributed by atoms with Gasteiger partial charge in [-0.05, 0) is 43.1 Å². The zero-order valence-corrected chi connectivity index (χ0v) is 16.6. The first-order chi connectivity index (χ1) is 13.6. The van der Waals surface area contributed by atoms with Crippen LogP contribution in [0, 0.1) is 17.2 Å². The average molecular weight is 381 g/mol. The standard InChI is InChI=1S/C22H27N3O3/c1-17(2)9-10-24-11-13-25(14-12-24)22(26)21-8-7-19(28-21)16-27-20-6-4-3-5-18(20)15-23/h3-8,17H,9-14,16H2,1-2H3. The number of carbonyl (C=O) groups is 1. The van der Waals surface area contributed by atoms with E-state index in [1.807, 2.05) is 11.0 Å². The largest absolute Gasteiger partial charge is 0.484 e. The number of piperazine rings is 1. The first-order valence-electron chi connectivity index (χ1n) is 9.79. The Morgan fingerprint density at radius 2 is 1.93 bits per heavy atom. The van der Waals surface area contributed by atoms with E-state index in [1.54, 1.807) is 30.3 Å². The van der Waals surface area contributed by atoms with E-state index >= 15 is 0 Å². The van der Waals surface area contributed by atoms with Crippen molar-refractivity contribution in [1.29, 1.82) is 5.26 Å². The molecule has 1 fully saturated rings. The molecule has 28 heavy (non-hydrogen) atoms. The van der Waals surface area contributed by atoms with Crippen molar-refractivity contribution in [3.05, 3.63) is 53.5 Å². The van der Waals surface area contributed by atoms with Crippen molar-refractivity contribution >= 4 is 5.91 Å². The Hall–Kier alpha value is -2.78. The van der Waals surface area contributed by atoms with Crippen LogP contribution in [0.25, 0.3) is 0 Å². The van der Waals surface area contributed by atoms with Crippen molar-refractivity contribution in [3.8, 4) is 11.8 Å². The molecule has 0 spiro atoms. The van der Waals surface area contributed by atoms with Crippen molar-refractivity contribution in [1.82, 2.24) is 9.80 Å². The molecule has 0 bridgehead atoms. The van der Waals surface area contributed by atoms with E-state index in [-0.39, 0.29) is 12.5 Å². The van der Waals surface area contributed by atoms with Crippen LogP contribution >= 0.6 is 0 Å². The smallest absolute Gasteiger partial charge is 0.289 e. The molecule has 0 saturated carbocycles. The maximum atomic E-state index is 12.7. The number of hydrogen-bond donors (Lipinski definition) is 0. The zero-order valence-electron chi connectivity index (χ0n) is 16.6. The monoisotopic (exact) mass is 381 g/mol. The maximum Gasteiger partial charge on any atom is 0.289 e. The highest BCUT2D eigenvalue weighted by Gasteiger charge is 2.24. The number of para-hydroxylation sites is 1. The lowest BCUT2D eigenvalue weighted by Gasteiger charge is -2.34. The Balaban J connectivity index is 1.51. The van der Waals surface area contributed by atoms with E-state index < -0.39 is 0 Å². The molecule has 148 valence electrons. The first-order valence-corrected chi connectivity index (χ1v) is 9.79. The molecule has 0 atom stereocenters. The molecule has 3 rings (SSSR count). The molecule has 0 N–H and O–H groups in total. The van der Waals surface area contributed by atoms with Crippen LogP contribution in [0.3, 0.4) is 0 Å². The van der Waals surface area contributed by atoms with Crippen LogP contribution in [-0.4, -0.2) is 48.4 Å². The number of hydrogen-bond acceptors (Lipinski definition) is 5. The van der Waals surface area contributed by atoms with Gasteiger partial charge in [-0.3, -0.25) is 9.69 Å². The summed E-state index contributed by atoms with van der Waals surface area (Å²) < 4.78 is 11.4. The van der Waals surface area contributed by atoms with Crippen LogP contribution < -0.4 is 4.74 Å². The zero-order chi connectivity index (χ0) is 19.9. The molecule has 0 radical (unpaired) electrons. The van der Waals surface area contributed by atoms with Gasteiger partial charge in [-0.1, -0.05) is 26.0 Å². The number of rotatable bonds is 7. The van der Waals surface area contributed by atoms with Crippen molar-refractivity contribution in [3.63, 3.8) is 0 Å². The summed E-state index contributed by atoms with van der Waals surface area (Å²) in [6, 6.07) is 12.6. The Bertz CT molecular complexity index is 830. The molecule has 1 aromatic heterocycles. The van der Waals surface area contributed by atoms with E-state index in [4.69, 9.17) is 14.4 Å². The summed E-state index contributed by atoms with van der Waals surface area (Å²) in [7, 11) is 0. The maximum absolute atomic E-state index is 12.7. The molecule has 0 unspecified atom stereocenters. The van der Waals surface area contributed by atoms with Gasteiger partial charge in [0.15, 0.2) is 5.76 Å². The second-order valence-corrected chi connectivity index (χ2v) is 7.48. The lowest BCUT2D eigenvalue weighted by atomic mass is 10.1. The van der Waals surface area contributed by atoms with Gasteiger partial charge >= 0.3 is 0 Å². The predicted octanol–water partition coefficient (Wildman–Crippen LogP) is 3.53. The van der Waals surface area contributed by atoms with Crippen molar-refractivity contribution in [2.24, 2.45) is 5.92 Å². The van der Waals surface area contributed by atoms with E-state index in [2.05, 4.69) is 24.8 Å². The molecule has 1 saturated heterocycles. The minimum atomic E-state index is -0.0767. The third kappa shape index (κ3) is 5.14. The molecule has 2 heterocycles. The number of furan rings is 1. The van der Waals surface area contributed by atoms with Gasteiger partial charge in [0.25, 0.3) is 5.91 Å². The van der Waals surface area contributed by atoms with E-state index in [0.717, 1.165) is 32.7 Å². The lowest BCUT2D eigenvalue weighted by molar-refractivity contribution is 0.0597. The number of benzene rings is 1. The van der Waals surface area contributed by atoms with E-state index in [0.29, 0.717) is 28.8 Å². The van der Waals surface area contributed by atoms with Crippen LogP contribution in [0.15, 0.2) is 40.8 Å². The number of nitriles is 1. The van der Waals surface area contributed by atoms with Gasteiger partial charge < -0.3 is 14.1 Å². The van der Waals surface area contributed by atoms with Crippen molar-refractivity contribution in [2.75, 3.05) is 32.7 Å². The molecular weight excluding hydrogens is 354 g/mol. The topological polar surface area (TPSA) is 69.7 Å². The van der Waals surface area contributed by atoms with Crippen LogP contribution in [-0.2, 0) is 6.61 Å². The van der Waals surface area contributed by atoms with Crippen molar-refractivity contribution < 1.29 is 13.9 Å². The Labute approximate surface area is 166 Å². The highest BCUT2D eigenvalue weighted by molar-refractivity contribution is 5.91. The summed E-state index contributed by atoms with van der Waals surface area (Å²) in [5.41, 5.74) is 0.473. The average Bonchev–Trinajstić information content (AvgIpc) is 3.19. The van der Waals surface area contributed by atoms with Gasteiger partial charge in [0.2, 0.25) is 0 Å². The molecule has 0 aliphatic carbocycles. The molecule has 1 amide bonds. The third-order valence-corrected chi connectivity index (χ3v) is 4.93. The Kier molecular flexibility index (Phi) is 6.72. The van der Waals surface area contributed by atoms with Crippen molar-refractivity contribution in [2.45, 2.75) is 26.9 Å². The summed E-state index contributed by atoms with van der Waals surface area (Å²) in [4.78, 5) is 17.0. The fourth-order valence-electron chi connectivity index (χ4n) is 3.18. The molecule has 6 heteroatoms. The minimum absolute atomic E-state index is 0.0767. The summed E-state index contributed by atoms with van der Waals surface area (Å²) in [6.07, 6.45) is 1.18. The van der Waals surface area contributed by atoms with Gasteiger partial charge in [0.1, 0.15) is 24.2 Å². The van der Waals surface area contributed by atoms with Crippen LogP contribution in [0.1, 0.15) is 42.1 Å². The Morgan fingerprint density at radius 3 is 2.64 bits per heavy atom. The number of nitrogens with zero attached hydrogens (tertiary/aromatic N) is 3. The highest BCUT2D eigenvalue weighted by Crippen LogP contribution is 2.19. The van der Waals surface area contributed by atoms with Gasteiger partial charge in [0.05, 0.1) is 5.56 Å². The summed E-state index contributed by atoms with van der Waals surface area (Å²) in [5.74, 6) is 2.02. The van der Waals surface area contributed by atoms with Crippen LogP contribution in [0.4, 0.5) is 0 Å². The van der Waals surface area contributed by atoms with Crippen LogP contribution in [0.2, 0.25) is 0 Å². The fourth-order valence-corrected chi connectivity index (χ4v) is 3.18. The third-order valence-electron chi connectivity index (χ3n) is 4.93. The number of amides is 1. The fraction of sp³-hybridized carbons (Fsp3) is 0.455. The number of ether oxygens (including phenoxy) is 1. The van der Waals surface area contributed by atoms with Crippen LogP contribution in [0.5, 0.6) is 5.75 Å². The second kappa shape index (κ2) is 9.43. The molecular formula is C22H27N3O3. The quantitative estimate of drug-likeness (QED) is 0.734. The Morgan fingerprint density at radius 1 is 1.18 bits per heavy atom. The molecule has 6 nitrogen and oxygen atoms in total. The second-order valence-electron chi connectivity index (χ2n) is 7.48. The molecule has 1 aliphatic rings. The van der Waals surface area contributed by atoms with Gasteiger partial charge in [0, 0.05) is 26.2 Å². The highest BCUT2D eigenvalue weighted by atomic mass is 16.5. The predicted molar refractivity (Wildman–Crippen MR) is 106 cm³/mol. The molecule has 1 aromatic carbocycles. The summed E-state index contributed by atoms with van der Waals surface area (Å²) in [5, 5.41) is 9.11. The van der Waals surface area contributed by atoms with E-state index in [9.17, 15) is 4.79 Å². The molecule has 2 aromatic rings. The van der Waals surface area contributed by atoms with Gasteiger partial charge in [-0.2, -0.15) is 5.26 Å². The molecule has 1 aliphatic heterocycles. The van der Waals surface area contributed by atoms with E-state index in [1.165, 1.54) is 6.42 Å². The minimum Gasteiger partial charge on any atom is -0.484 e. The first kappa shape index (κ1) is 20.0.